The van der Waals surface area contributed by atoms with Crippen LogP contribution in [0.5, 0.6) is 11.5 Å². The van der Waals surface area contributed by atoms with E-state index in [0.29, 0.717) is 16.6 Å². The maximum Gasteiger partial charge on any atom is 0.347 e. The highest BCUT2D eigenvalue weighted by atomic mass is 19.1. The fourth-order valence-corrected chi connectivity index (χ4v) is 3.12. The lowest BCUT2D eigenvalue weighted by Crippen LogP contribution is -2.26. The van der Waals surface area contributed by atoms with E-state index >= 15 is 0 Å². The first kappa shape index (κ1) is 21.9. The molecule has 2 aromatic heterocycles. The minimum atomic E-state index is -0.924. The number of hydrogen-bond donors (Lipinski definition) is 1. The molecule has 3 rings (SSSR count). The van der Waals surface area contributed by atoms with Crippen LogP contribution < -0.4 is 10.3 Å². The Morgan fingerprint density at radius 3 is 2.68 bits per heavy atom. The van der Waals surface area contributed by atoms with Crippen molar-refractivity contribution in [3.05, 3.63) is 63.3 Å². The predicted molar refractivity (Wildman–Crippen MR) is 110 cm³/mol. The molecule has 0 saturated carbocycles. The van der Waals surface area contributed by atoms with Gasteiger partial charge < -0.3 is 19.1 Å². The molecule has 9 heteroatoms. The summed E-state index contributed by atoms with van der Waals surface area (Å²) in [6, 6.07) is 5.64. The molecule has 0 unspecified atom stereocenters. The number of pyridine rings is 2. The fraction of sp³-hybridized carbons (Fsp3) is 0.273. The molecule has 0 atom stereocenters. The van der Waals surface area contributed by atoms with Crippen LogP contribution in [-0.4, -0.2) is 39.6 Å². The van der Waals surface area contributed by atoms with Crippen molar-refractivity contribution in [2.75, 3.05) is 13.2 Å². The molecule has 162 valence electrons. The van der Waals surface area contributed by atoms with Gasteiger partial charge >= 0.3 is 5.97 Å². The summed E-state index contributed by atoms with van der Waals surface area (Å²) in [5, 5.41) is 10.5. The molecule has 0 saturated heterocycles. The number of nitrogens with zero attached hydrogens (tertiary/aromatic N) is 2. The largest absolute Gasteiger partial charge is 0.505 e. The number of aromatic hydroxyl groups is 1. The van der Waals surface area contributed by atoms with E-state index in [9.17, 15) is 23.9 Å². The highest BCUT2D eigenvalue weighted by Gasteiger charge is 2.23. The summed E-state index contributed by atoms with van der Waals surface area (Å²) in [7, 11) is 1.46. The number of rotatable bonds is 7. The molecular weight excluding hydrogens is 407 g/mol. The van der Waals surface area contributed by atoms with E-state index in [1.165, 1.54) is 42.9 Å². The standard InChI is InChI=1S/C22H21FN2O6/c1-4-30-22(29)18-20(27)19-16(25(3)21(18)28)8-13(10-24-19)7-14-5-6-15(23)9-17(14)31-11-12(2)26/h5-6,8-10,27H,4,7,11H2,1-3H3. The van der Waals surface area contributed by atoms with Gasteiger partial charge in [-0.1, -0.05) is 6.07 Å². The van der Waals surface area contributed by atoms with Gasteiger partial charge in [-0.2, -0.15) is 0 Å². The van der Waals surface area contributed by atoms with Crippen LogP contribution in [0, 0.1) is 5.82 Å². The van der Waals surface area contributed by atoms with E-state index in [4.69, 9.17) is 9.47 Å². The topological polar surface area (TPSA) is 108 Å². The molecule has 0 bridgehead atoms. The summed E-state index contributed by atoms with van der Waals surface area (Å²) in [6.45, 7) is 2.82. The number of ether oxygens (including phenoxy) is 2. The highest BCUT2D eigenvalue weighted by molar-refractivity contribution is 5.98. The lowest BCUT2D eigenvalue weighted by Gasteiger charge is -2.13. The van der Waals surface area contributed by atoms with Crippen LogP contribution in [0.4, 0.5) is 4.39 Å². The third-order valence-corrected chi connectivity index (χ3v) is 4.60. The zero-order valence-electron chi connectivity index (χ0n) is 17.3. The van der Waals surface area contributed by atoms with Crippen LogP contribution in [-0.2, 0) is 23.0 Å². The predicted octanol–water partition coefficient (Wildman–Crippen LogP) is 2.51. The summed E-state index contributed by atoms with van der Waals surface area (Å²) >= 11 is 0. The van der Waals surface area contributed by atoms with Crippen molar-refractivity contribution in [2.24, 2.45) is 7.05 Å². The molecule has 0 spiro atoms. The quantitative estimate of drug-likeness (QED) is 0.576. The second kappa shape index (κ2) is 8.95. The van der Waals surface area contributed by atoms with Gasteiger partial charge in [-0.3, -0.25) is 14.6 Å². The van der Waals surface area contributed by atoms with Gasteiger partial charge in [-0.15, -0.1) is 0 Å². The van der Waals surface area contributed by atoms with Crippen molar-refractivity contribution in [3.63, 3.8) is 0 Å². The second-order valence-corrected chi connectivity index (χ2v) is 6.94. The Morgan fingerprint density at radius 2 is 2.00 bits per heavy atom. The number of hydrogen-bond acceptors (Lipinski definition) is 7. The van der Waals surface area contributed by atoms with Crippen LogP contribution >= 0.6 is 0 Å². The fourth-order valence-electron chi connectivity index (χ4n) is 3.12. The van der Waals surface area contributed by atoms with Gasteiger partial charge in [0.05, 0.1) is 12.1 Å². The minimum absolute atomic E-state index is 0.0531. The smallest absolute Gasteiger partial charge is 0.347 e. The van der Waals surface area contributed by atoms with Crippen LogP contribution in [0.15, 0.2) is 35.3 Å². The number of fused-ring (bicyclic) bond motifs is 1. The number of Topliss-reactive ketones (excluding diaryl/α,β-unsaturated/α-hetero) is 1. The van der Waals surface area contributed by atoms with Crippen LogP contribution in [0.1, 0.15) is 35.3 Å². The first-order valence-corrected chi connectivity index (χ1v) is 9.51. The van der Waals surface area contributed by atoms with Gasteiger partial charge in [-0.05, 0) is 37.1 Å². The average Bonchev–Trinajstić information content (AvgIpc) is 2.72. The lowest BCUT2D eigenvalue weighted by molar-refractivity contribution is -0.118. The summed E-state index contributed by atoms with van der Waals surface area (Å²) in [5.41, 5.74) is 0.443. The number of aromatic nitrogens is 2. The Hall–Kier alpha value is -3.75. The first-order valence-electron chi connectivity index (χ1n) is 9.51. The van der Waals surface area contributed by atoms with Gasteiger partial charge in [0, 0.05) is 25.7 Å². The van der Waals surface area contributed by atoms with Crippen molar-refractivity contribution in [1.82, 2.24) is 9.55 Å². The number of halogens is 1. The Kier molecular flexibility index (Phi) is 6.33. The molecule has 31 heavy (non-hydrogen) atoms. The summed E-state index contributed by atoms with van der Waals surface area (Å²) < 4.78 is 25.1. The molecule has 0 radical (unpaired) electrons. The molecule has 0 aliphatic heterocycles. The van der Waals surface area contributed by atoms with Crippen molar-refractivity contribution >= 4 is 22.8 Å². The van der Waals surface area contributed by atoms with Crippen molar-refractivity contribution in [2.45, 2.75) is 20.3 Å². The highest BCUT2D eigenvalue weighted by Crippen LogP contribution is 2.28. The second-order valence-electron chi connectivity index (χ2n) is 6.94. The number of carbonyl (C=O) groups excluding carboxylic acids is 2. The number of carbonyl (C=O) groups is 2. The SMILES string of the molecule is CCOC(=O)c1c(O)c2ncc(Cc3ccc(F)cc3OCC(C)=O)cc2n(C)c1=O. The first-order chi connectivity index (χ1) is 14.7. The molecule has 1 aromatic carbocycles. The van der Waals surface area contributed by atoms with Crippen molar-refractivity contribution in [3.8, 4) is 11.5 Å². The number of esters is 1. The third kappa shape index (κ3) is 4.55. The average molecular weight is 428 g/mol. The van der Waals surface area contributed by atoms with E-state index < -0.39 is 28.7 Å². The molecule has 0 aliphatic carbocycles. The van der Waals surface area contributed by atoms with Gasteiger partial charge in [-0.25, -0.2) is 9.18 Å². The Labute approximate surface area is 176 Å². The zero-order valence-corrected chi connectivity index (χ0v) is 17.3. The summed E-state index contributed by atoms with van der Waals surface area (Å²) in [6.07, 6.45) is 1.74. The van der Waals surface area contributed by atoms with Crippen molar-refractivity contribution in [1.29, 1.82) is 0 Å². The minimum Gasteiger partial charge on any atom is -0.505 e. The van der Waals surface area contributed by atoms with Crippen LogP contribution in [0.2, 0.25) is 0 Å². The molecule has 0 aliphatic rings. The lowest BCUT2D eigenvalue weighted by atomic mass is 10.0. The molecule has 0 amide bonds. The maximum atomic E-state index is 13.6. The number of ketones is 1. The monoisotopic (exact) mass is 428 g/mol. The molecule has 1 N–H and O–H groups in total. The summed E-state index contributed by atoms with van der Waals surface area (Å²) in [5.74, 6) is -1.95. The van der Waals surface area contributed by atoms with E-state index in [1.807, 2.05) is 0 Å². The van der Waals surface area contributed by atoms with E-state index in [2.05, 4.69) is 4.98 Å². The van der Waals surface area contributed by atoms with E-state index in [-0.39, 0.29) is 36.7 Å². The Balaban J connectivity index is 2.04. The molecular formula is C22H21FN2O6. The third-order valence-electron chi connectivity index (χ3n) is 4.60. The molecule has 0 fully saturated rings. The molecule has 8 nitrogen and oxygen atoms in total. The normalized spacial score (nSPS) is 10.8. The Bertz CT molecular complexity index is 1230. The van der Waals surface area contributed by atoms with Gasteiger partial charge in [0.2, 0.25) is 0 Å². The number of benzene rings is 1. The van der Waals surface area contributed by atoms with Crippen LogP contribution in [0.25, 0.3) is 11.0 Å². The van der Waals surface area contributed by atoms with Gasteiger partial charge in [0.15, 0.2) is 17.1 Å². The van der Waals surface area contributed by atoms with Gasteiger partial charge in [0.25, 0.3) is 5.56 Å². The number of aryl methyl sites for hydroxylation is 1. The van der Waals surface area contributed by atoms with Gasteiger partial charge in [0.1, 0.15) is 23.7 Å². The summed E-state index contributed by atoms with van der Waals surface area (Å²) in [4.78, 5) is 40.1. The van der Waals surface area contributed by atoms with Crippen molar-refractivity contribution < 1.29 is 28.6 Å². The molecule has 3 aromatic rings. The van der Waals surface area contributed by atoms with E-state index in [1.54, 1.807) is 13.0 Å². The molecule has 2 heterocycles. The maximum absolute atomic E-state index is 13.6. The zero-order chi connectivity index (χ0) is 22.7. The van der Waals surface area contributed by atoms with E-state index in [0.717, 1.165) is 0 Å². The van der Waals surface area contributed by atoms with Crippen LogP contribution in [0.3, 0.4) is 0 Å². The Morgan fingerprint density at radius 1 is 1.26 bits per heavy atom.